The minimum Gasteiger partial charge on any atom is -0.336 e. The van der Waals surface area contributed by atoms with E-state index in [4.69, 9.17) is 17.3 Å². The highest BCUT2D eigenvalue weighted by molar-refractivity contribution is 6.31. The molecule has 0 aliphatic carbocycles. The Kier molecular flexibility index (Phi) is 3.59. The summed E-state index contributed by atoms with van der Waals surface area (Å²) in [7, 11) is 0. The van der Waals surface area contributed by atoms with Gasteiger partial charge in [0.2, 0.25) is 0 Å². The van der Waals surface area contributed by atoms with Crippen molar-refractivity contribution in [3.8, 4) is 0 Å². The maximum atomic E-state index is 12.4. The van der Waals surface area contributed by atoms with E-state index in [-0.39, 0.29) is 11.9 Å². The average molecular weight is 290 g/mol. The van der Waals surface area contributed by atoms with E-state index in [1.165, 1.54) is 0 Å². The van der Waals surface area contributed by atoms with Gasteiger partial charge < -0.3 is 10.6 Å². The second-order valence-electron chi connectivity index (χ2n) is 5.19. The molecule has 0 spiro atoms. The first-order valence-corrected chi connectivity index (χ1v) is 7.12. The molecule has 1 aliphatic heterocycles. The number of carbonyl (C=O) groups excluding carboxylic acids is 1. The minimum absolute atomic E-state index is 0.0537. The van der Waals surface area contributed by atoms with Crippen molar-refractivity contribution in [1.82, 2.24) is 9.88 Å². The van der Waals surface area contributed by atoms with E-state index < -0.39 is 0 Å². The molecule has 0 unspecified atom stereocenters. The molecule has 1 amide bonds. The standard InChI is InChI=1S/C15H16ClN3O/c16-11-5-3-10-4-6-13(18-14(10)8-11)15(20)19-7-1-2-12(17)9-19/h3-6,8,12H,1-2,7,9,17H2/t12-/m1/s1. The molecule has 1 aromatic carbocycles. The normalized spacial score (nSPS) is 19.3. The van der Waals surface area contributed by atoms with E-state index in [1.807, 2.05) is 18.2 Å². The maximum absolute atomic E-state index is 12.4. The number of benzene rings is 1. The highest BCUT2D eigenvalue weighted by Gasteiger charge is 2.23. The molecule has 20 heavy (non-hydrogen) atoms. The van der Waals surface area contributed by atoms with Crippen molar-refractivity contribution in [3.05, 3.63) is 41.0 Å². The van der Waals surface area contributed by atoms with E-state index in [0.717, 1.165) is 30.3 Å². The van der Waals surface area contributed by atoms with Crippen LogP contribution in [0.3, 0.4) is 0 Å². The number of aromatic nitrogens is 1. The van der Waals surface area contributed by atoms with Gasteiger partial charge in [-0.25, -0.2) is 4.98 Å². The van der Waals surface area contributed by atoms with Crippen molar-refractivity contribution >= 4 is 28.4 Å². The lowest BCUT2D eigenvalue weighted by Gasteiger charge is -2.30. The van der Waals surface area contributed by atoms with Crippen LogP contribution in [0.5, 0.6) is 0 Å². The molecular formula is C15H16ClN3O. The van der Waals surface area contributed by atoms with Crippen LogP contribution in [0.4, 0.5) is 0 Å². The van der Waals surface area contributed by atoms with Crippen LogP contribution in [0.1, 0.15) is 23.3 Å². The topological polar surface area (TPSA) is 59.2 Å². The van der Waals surface area contributed by atoms with Crippen LogP contribution in [0.25, 0.3) is 10.9 Å². The zero-order valence-corrected chi connectivity index (χ0v) is 11.8. The smallest absolute Gasteiger partial charge is 0.272 e. The summed E-state index contributed by atoms with van der Waals surface area (Å²) in [6.45, 7) is 1.36. The summed E-state index contributed by atoms with van der Waals surface area (Å²) in [6, 6.07) is 9.22. The number of piperidine rings is 1. The van der Waals surface area contributed by atoms with Crippen LogP contribution in [-0.2, 0) is 0 Å². The molecule has 1 atom stereocenters. The Balaban J connectivity index is 1.91. The van der Waals surface area contributed by atoms with Gasteiger partial charge in [0.05, 0.1) is 5.52 Å². The molecule has 1 fully saturated rings. The highest BCUT2D eigenvalue weighted by Crippen LogP contribution is 2.19. The summed E-state index contributed by atoms with van der Waals surface area (Å²) in [4.78, 5) is 18.7. The maximum Gasteiger partial charge on any atom is 0.272 e. The fraction of sp³-hybridized carbons (Fsp3) is 0.333. The lowest BCUT2D eigenvalue weighted by molar-refractivity contribution is 0.0703. The summed E-state index contributed by atoms with van der Waals surface area (Å²) in [5.74, 6) is -0.0537. The second-order valence-corrected chi connectivity index (χ2v) is 5.62. The SMILES string of the molecule is N[C@@H]1CCCN(C(=O)c2ccc3ccc(Cl)cc3n2)C1. The minimum atomic E-state index is -0.0537. The third-order valence-electron chi connectivity index (χ3n) is 3.62. The van der Waals surface area contributed by atoms with Crippen LogP contribution in [-0.4, -0.2) is 34.9 Å². The zero-order chi connectivity index (χ0) is 14.1. The number of nitrogens with zero attached hydrogens (tertiary/aromatic N) is 2. The number of hydrogen-bond acceptors (Lipinski definition) is 3. The first-order valence-electron chi connectivity index (χ1n) is 6.74. The summed E-state index contributed by atoms with van der Waals surface area (Å²) in [5.41, 5.74) is 7.11. The van der Waals surface area contributed by atoms with E-state index in [0.29, 0.717) is 17.3 Å². The molecule has 1 saturated heterocycles. The molecule has 0 saturated carbocycles. The van der Waals surface area contributed by atoms with Crippen LogP contribution in [0.2, 0.25) is 5.02 Å². The second kappa shape index (κ2) is 5.38. The lowest BCUT2D eigenvalue weighted by Crippen LogP contribution is -2.45. The van der Waals surface area contributed by atoms with Gasteiger partial charge in [-0.05, 0) is 31.0 Å². The molecule has 3 rings (SSSR count). The molecule has 1 aromatic heterocycles. The Morgan fingerprint density at radius 2 is 2.15 bits per heavy atom. The summed E-state index contributed by atoms with van der Waals surface area (Å²) >= 11 is 5.97. The van der Waals surface area contributed by atoms with Gasteiger partial charge >= 0.3 is 0 Å². The quantitative estimate of drug-likeness (QED) is 0.877. The van der Waals surface area contributed by atoms with Crippen molar-refractivity contribution in [2.45, 2.75) is 18.9 Å². The summed E-state index contributed by atoms with van der Waals surface area (Å²) in [6.07, 6.45) is 1.93. The third-order valence-corrected chi connectivity index (χ3v) is 3.85. The van der Waals surface area contributed by atoms with Gasteiger partial charge in [-0.3, -0.25) is 4.79 Å². The van der Waals surface area contributed by atoms with Crippen LogP contribution in [0, 0.1) is 0 Å². The Hall–Kier alpha value is -1.65. The number of amides is 1. The van der Waals surface area contributed by atoms with Crippen molar-refractivity contribution in [2.24, 2.45) is 5.73 Å². The monoisotopic (exact) mass is 289 g/mol. The molecule has 5 heteroatoms. The largest absolute Gasteiger partial charge is 0.336 e. The Bertz CT molecular complexity index is 659. The number of fused-ring (bicyclic) bond motifs is 1. The van der Waals surface area contributed by atoms with Crippen molar-refractivity contribution < 1.29 is 4.79 Å². The fourth-order valence-electron chi connectivity index (χ4n) is 2.57. The molecule has 2 heterocycles. The van der Waals surface area contributed by atoms with Crippen LogP contribution >= 0.6 is 11.6 Å². The molecule has 4 nitrogen and oxygen atoms in total. The Morgan fingerprint density at radius 1 is 1.35 bits per heavy atom. The van der Waals surface area contributed by atoms with E-state index in [2.05, 4.69) is 4.98 Å². The van der Waals surface area contributed by atoms with E-state index >= 15 is 0 Å². The molecule has 0 bridgehead atoms. The number of halogens is 1. The Morgan fingerprint density at radius 3 is 2.95 bits per heavy atom. The van der Waals surface area contributed by atoms with Crippen molar-refractivity contribution in [3.63, 3.8) is 0 Å². The number of pyridine rings is 1. The van der Waals surface area contributed by atoms with Crippen molar-refractivity contribution in [1.29, 1.82) is 0 Å². The van der Waals surface area contributed by atoms with E-state index in [9.17, 15) is 4.79 Å². The number of hydrogen-bond donors (Lipinski definition) is 1. The number of carbonyl (C=O) groups is 1. The van der Waals surface area contributed by atoms with Crippen LogP contribution < -0.4 is 5.73 Å². The summed E-state index contributed by atoms with van der Waals surface area (Å²) in [5, 5.41) is 1.59. The third kappa shape index (κ3) is 2.62. The van der Waals surface area contributed by atoms with Gasteiger partial charge in [0.25, 0.3) is 5.91 Å². The van der Waals surface area contributed by atoms with Crippen LogP contribution in [0.15, 0.2) is 30.3 Å². The predicted octanol–water partition coefficient (Wildman–Crippen LogP) is 2.45. The van der Waals surface area contributed by atoms with Gasteiger partial charge in [-0.1, -0.05) is 23.7 Å². The molecule has 0 radical (unpaired) electrons. The highest BCUT2D eigenvalue weighted by atomic mass is 35.5. The van der Waals surface area contributed by atoms with Gasteiger partial charge in [0.15, 0.2) is 0 Å². The lowest BCUT2D eigenvalue weighted by atomic mass is 10.1. The summed E-state index contributed by atoms with van der Waals surface area (Å²) < 4.78 is 0. The number of rotatable bonds is 1. The molecule has 2 N–H and O–H groups in total. The van der Waals surface area contributed by atoms with Gasteiger partial charge in [-0.15, -0.1) is 0 Å². The fourth-order valence-corrected chi connectivity index (χ4v) is 2.73. The Labute approximate surface area is 122 Å². The van der Waals surface area contributed by atoms with E-state index in [1.54, 1.807) is 17.0 Å². The number of nitrogens with two attached hydrogens (primary N) is 1. The van der Waals surface area contributed by atoms with Gasteiger partial charge in [0, 0.05) is 29.5 Å². The molecule has 1 aliphatic rings. The molecule has 2 aromatic rings. The van der Waals surface area contributed by atoms with Gasteiger partial charge in [-0.2, -0.15) is 0 Å². The predicted molar refractivity (Wildman–Crippen MR) is 79.9 cm³/mol. The molecular weight excluding hydrogens is 274 g/mol. The molecule has 104 valence electrons. The van der Waals surface area contributed by atoms with Gasteiger partial charge in [0.1, 0.15) is 5.69 Å². The van der Waals surface area contributed by atoms with Crippen molar-refractivity contribution in [2.75, 3.05) is 13.1 Å². The number of likely N-dealkylation sites (tertiary alicyclic amines) is 1. The first kappa shape index (κ1) is 13.3. The zero-order valence-electron chi connectivity index (χ0n) is 11.1. The average Bonchev–Trinajstić information content (AvgIpc) is 2.45. The first-order chi connectivity index (χ1) is 9.63.